The first kappa shape index (κ1) is 14.3. The first-order valence-electron chi connectivity index (χ1n) is 7.16. The standard InChI is InChI=1S/C15H12ClF2N5/c1-7-4-11(18)9(5-10(7)17)12-13(16)22-15-19-6-20-23(15)14(12)21-8-2-3-8/h4-6,8,21H,2-3H2,1H3. The number of nitrogens with one attached hydrogen (secondary N) is 1. The normalized spacial score (nSPS) is 14.4. The minimum atomic E-state index is -0.564. The summed E-state index contributed by atoms with van der Waals surface area (Å²) in [6.45, 7) is 1.51. The summed E-state index contributed by atoms with van der Waals surface area (Å²) in [5.74, 6) is -0.295. The third-order valence-corrected chi connectivity index (χ3v) is 4.09. The van der Waals surface area contributed by atoms with Crippen molar-refractivity contribution in [3.63, 3.8) is 0 Å². The number of anilines is 1. The third-order valence-electron chi connectivity index (χ3n) is 3.82. The van der Waals surface area contributed by atoms with Gasteiger partial charge in [-0.1, -0.05) is 11.6 Å². The molecule has 2 aromatic heterocycles. The Morgan fingerprint density at radius 2 is 2.04 bits per heavy atom. The fourth-order valence-electron chi connectivity index (χ4n) is 2.45. The summed E-state index contributed by atoms with van der Waals surface area (Å²) >= 11 is 6.25. The van der Waals surface area contributed by atoms with E-state index in [-0.39, 0.29) is 27.9 Å². The average Bonchev–Trinajstić information content (AvgIpc) is 3.19. The van der Waals surface area contributed by atoms with Gasteiger partial charge < -0.3 is 5.32 Å². The Morgan fingerprint density at radius 3 is 2.78 bits per heavy atom. The molecule has 8 heteroatoms. The molecule has 0 atom stereocenters. The molecule has 0 saturated heterocycles. The second-order valence-electron chi connectivity index (χ2n) is 5.60. The van der Waals surface area contributed by atoms with Crippen molar-refractivity contribution in [2.75, 3.05) is 5.32 Å². The van der Waals surface area contributed by atoms with E-state index >= 15 is 0 Å². The van der Waals surface area contributed by atoms with Crippen molar-refractivity contribution in [1.29, 1.82) is 0 Å². The topological polar surface area (TPSA) is 55.1 Å². The maximum absolute atomic E-state index is 14.4. The number of nitrogens with zero attached hydrogens (tertiary/aromatic N) is 4. The van der Waals surface area contributed by atoms with Crippen LogP contribution in [0.3, 0.4) is 0 Å². The van der Waals surface area contributed by atoms with E-state index in [9.17, 15) is 8.78 Å². The Balaban J connectivity index is 2.01. The van der Waals surface area contributed by atoms with Gasteiger partial charge in [0.05, 0.1) is 5.56 Å². The summed E-state index contributed by atoms with van der Waals surface area (Å²) in [6, 6.07) is 2.54. The highest BCUT2D eigenvalue weighted by molar-refractivity contribution is 6.33. The van der Waals surface area contributed by atoms with Gasteiger partial charge in [0.2, 0.25) is 0 Å². The van der Waals surface area contributed by atoms with Crippen LogP contribution in [0, 0.1) is 18.6 Å². The molecule has 0 aliphatic heterocycles. The molecule has 1 fully saturated rings. The molecule has 1 saturated carbocycles. The molecule has 1 aromatic carbocycles. The highest BCUT2D eigenvalue weighted by Gasteiger charge is 2.27. The SMILES string of the molecule is Cc1cc(F)c(-c2c(Cl)nc3ncnn3c2NC2CC2)cc1F. The number of aromatic nitrogens is 4. The van der Waals surface area contributed by atoms with E-state index in [4.69, 9.17) is 11.6 Å². The molecule has 0 spiro atoms. The number of rotatable bonds is 3. The predicted octanol–water partition coefficient (Wildman–Crippen LogP) is 3.61. The number of fused-ring (bicyclic) bond motifs is 1. The quantitative estimate of drug-likeness (QED) is 0.743. The van der Waals surface area contributed by atoms with Crippen molar-refractivity contribution in [3.05, 3.63) is 40.8 Å². The van der Waals surface area contributed by atoms with Crippen LogP contribution in [0.1, 0.15) is 18.4 Å². The van der Waals surface area contributed by atoms with Gasteiger partial charge in [0.15, 0.2) is 0 Å². The summed E-state index contributed by atoms with van der Waals surface area (Å²) in [7, 11) is 0. The summed E-state index contributed by atoms with van der Waals surface area (Å²) < 4.78 is 29.8. The number of benzene rings is 1. The van der Waals surface area contributed by atoms with Gasteiger partial charge in [-0.15, -0.1) is 0 Å². The zero-order valence-electron chi connectivity index (χ0n) is 12.1. The van der Waals surface area contributed by atoms with Gasteiger partial charge in [0.1, 0.15) is 28.9 Å². The number of halogens is 3. The number of hydrogen-bond acceptors (Lipinski definition) is 4. The highest BCUT2D eigenvalue weighted by atomic mass is 35.5. The van der Waals surface area contributed by atoms with Gasteiger partial charge in [-0.05, 0) is 37.5 Å². The second-order valence-corrected chi connectivity index (χ2v) is 5.96. The van der Waals surface area contributed by atoms with Crippen LogP contribution in [-0.2, 0) is 0 Å². The third kappa shape index (κ3) is 2.41. The van der Waals surface area contributed by atoms with E-state index in [0.29, 0.717) is 11.6 Å². The van der Waals surface area contributed by atoms with Crippen molar-refractivity contribution < 1.29 is 8.78 Å². The molecule has 2 heterocycles. The molecular formula is C15H12ClF2N5. The molecule has 0 unspecified atom stereocenters. The Hall–Kier alpha value is -2.28. The Morgan fingerprint density at radius 1 is 1.26 bits per heavy atom. The van der Waals surface area contributed by atoms with Gasteiger partial charge in [0.25, 0.3) is 5.78 Å². The van der Waals surface area contributed by atoms with Crippen molar-refractivity contribution in [2.24, 2.45) is 0 Å². The van der Waals surface area contributed by atoms with Gasteiger partial charge >= 0.3 is 0 Å². The largest absolute Gasteiger partial charge is 0.367 e. The summed E-state index contributed by atoms with van der Waals surface area (Å²) in [5.41, 5.74) is 0.563. The van der Waals surface area contributed by atoms with Crippen LogP contribution in [-0.4, -0.2) is 25.6 Å². The van der Waals surface area contributed by atoms with Crippen molar-refractivity contribution >= 4 is 23.2 Å². The molecule has 4 rings (SSSR count). The lowest BCUT2D eigenvalue weighted by Crippen LogP contribution is -2.11. The number of hydrogen-bond donors (Lipinski definition) is 1. The highest BCUT2D eigenvalue weighted by Crippen LogP contribution is 2.38. The maximum atomic E-state index is 14.4. The molecule has 3 aromatic rings. The van der Waals surface area contributed by atoms with Gasteiger partial charge in [-0.25, -0.2) is 8.78 Å². The van der Waals surface area contributed by atoms with E-state index in [0.717, 1.165) is 25.0 Å². The fourth-order valence-corrected chi connectivity index (χ4v) is 2.71. The molecule has 1 aliphatic carbocycles. The molecule has 1 N–H and O–H groups in total. The molecular weight excluding hydrogens is 324 g/mol. The molecule has 0 bridgehead atoms. The lowest BCUT2D eigenvalue weighted by Gasteiger charge is -2.15. The summed E-state index contributed by atoms with van der Waals surface area (Å²) in [6.07, 6.45) is 3.34. The van der Waals surface area contributed by atoms with Crippen LogP contribution in [0.15, 0.2) is 18.5 Å². The van der Waals surface area contributed by atoms with Crippen LogP contribution in [0.25, 0.3) is 16.9 Å². The van der Waals surface area contributed by atoms with Crippen LogP contribution in [0.4, 0.5) is 14.6 Å². The van der Waals surface area contributed by atoms with Crippen LogP contribution in [0.5, 0.6) is 0 Å². The Bertz CT molecular complexity index is 920. The monoisotopic (exact) mass is 335 g/mol. The van der Waals surface area contributed by atoms with Crippen molar-refractivity contribution in [3.8, 4) is 11.1 Å². The van der Waals surface area contributed by atoms with Gasteiger partial charge in [0, 0.05) is 11.6 Å². The fraction of sp³-hybridized carbons (Fsp3) is 0.267. The molecule has 0 amide bonds. The zero-order chi connectivity index (χ0) is 16.1. The minimum Gasteiger partial charge on any atom is -0.367 e. The lowest BCUT2D eigenvalue weighted by atomic mass is 10.0. The second kappa shape index (κ2) is 5.13. The molecule has 0 radical (unpaired) electrons. The van der Waals surface area contributed by atoms with Crippen LogP contribution in [0.2, 0.25) is 5.15 Å². The molecule has 23 heavy (non-hydrogen) atoms. The Kier molecular flexibility index (Phi) is 3.19. The lowest BCUT2D eigenvalue weighted by molar-refractivity contribution is 0.595. The van der Waals surface area contributed by atoms with E-state index in [1.54, 1.807) is 0 Å². The number of aryl methyl sites for hydroxylation is 1. The summed E-state index contributed by atoms with van der Waals surface area (Å²) in [4.78, 5) is 8.12. The maximum Gasteiger partial charge on any atom is 0.255 e. The van der Waals surface area contributed by atoms with Gasteiger partial charge in [-0.2, -0.15) is 19.6 Å². The van der Waals surface area contributed by atoms with E-state index in [1.165, 1.54) is 17.8 Å². The van der Waals surface area contributed by atoms with Crippen LogP contribution >= 0.6 is 11.6 Å². The van der Waals surface area contributed by atoms with E-state index < -0.39 is 11.6 Å². The van der Waals surface area contributed by atoms with E-state index in [1.807, 2.05) is 0 Å². The minimum absolute atomic E-state index is 0.0474. The Labute approximate surface area is 135 Å². The van der Waals surface area contributed by atoms with Crippen molar-refractivity contribution in [2.45, 2.75) is 25.8 Å². The zero-order valence-corrected chi connectivity index (χ0v) is 12.9. The summed E-state index contributed by atoms with van der Waals surface area (Å²) in [5, 5.41) is 7.41. The molecule has 5 nitrogen and oxygen atoms in total. The predicted molar refractivity (Wildman–Crippen MR) is 82.5 cm³/mol. The van der Waals surface area contributed by atoms with Crippen LogP contribution < -0.4 is 5.32 Å². The average molecular weight is 336 g/mol. The van der Waals surface area contributed by atoms with Crippen molar-refractivity contribution in [1.82, 2.24) is 19.6 Å². The first-order chi connectivity index (χ1) is 11.0. The molecule has 1 aliphatic rings. The first-order valence-corrected chi connectivity index (χ1v) is 7.54. The van der Waals surface area contributed by atoms with E-state index in [2.05, 4.69) is 20.4 Å². The smallest absolute Gasteiger partial charge is 0.255 e. The molecule has 118 valence electrons. The van der Waals surface area contributed by atoms with Gasteiger partial charge in [-0.3, -0.25) is 0 Å².